The first-order chi connectivity index (χ1) is 7.56. The molecule has 1 aromatic carbocycles. The zero-order chi connectivity index (χ0) is 11.8. The summed E-state index contributed by atoms with van der Waals surface area (Å²) in [5, 5.41) is 1.55. The van der Waals surface area contributed by atoms with Crippen molar-refractivity contribution in [2.75, 3.05) is 7.05 Å². The fraction of sp³-hybridized carbons (Fsp3) is 0.417. The minimum absolute atomic E-state index is 0.212. The summed E-state index contributed by atoms with van der Waals surface area (Å²) < 4.78 is 13.6. The van der Waals surface area contributed by atoms with Crippen LogP contribution in [0.4, 0.5) is 4.39 Å². The maximum atomic E-state index is 13.6. The molecule has 1 heterocycles. The molecular weight excluding hydrogens is 209 g/mol. The van der Waals surface area contributed by atoms with E-state index in [2.05, 4.69) is 0 Å². The second-order valence-electron chi connectivity index (χ2n) is 4.31. The SMILES string of the molecule is CN1O[C@](C)(C=O)C[C@@H]1c1ccccc1F. The highest BCUT2D eigenvalue weighted by molar-refractivity contribution is 5.62. The van der Waals surface area contributed by atoms with Crippen LogP contribution in [0.1, 0.15) is 24.9 Å². The summed E-state index contributed by atoms with van der Waals surface area (Å²) in [6.45, 7) is 1.71. The average Bonchev–Trinajstić information content (AvgIpc) is 2.56. The first kappa shape index (κ1) is 11.2. The van der Waals surface area contributed by atoms with Gasteiger partial charge in [-0.05, 0) is 13.0 Å². The lowest BCUT2D eigenvalue weighted by molar-refractivity contribution is -0.182. The molecule has 0 radical (unpaired) electrons. The van der Waals surface area contributed by atoms with Crippen LogP contribution in [0.3, 0.4) is 0 Å². The summed E-state index contributed by atoms with van der Waals surface area (Å²) >= 11 is 0. The molecule has 0 unspecified atom stereocenters. The van der Waals surface area contributed by atoms with Gasteiger partial charge in [0.05, 0.1) is 6.04 Å². The third-order valence-corrected chi connectivity index (χ3v) is 2.90. The minimum Gasteiger partial charge on any atom is -0.300 e. The Hall–Kier alpha value is -1.26. The van der Waals surface area contributed by atoms with Gasteiger partial charge in [0.25, 0.3) is 0 Å². The van der Waals surface area contributed by atoms with Gasteiger partial charge in [0.15, 0.2) is 6.29 Å². The fourth-order valence-corrected chi connectivity index (χ4v) is 2.06. The van der Waals surface area contributed by atoms with Gasteiger partial charge in [0.2, 0.25) is 0 Å². The van der Waals surface area contributed by atoms with Crippen molar-refractivity contribution in [2.45, 2.75) is 25.0 Å². The molecular formula is C12H14FNO2. The summed E-state index contributed by atoms with van der Waals surface area (Å²) in [6, 6.07) is 6.35. The largest absolute Gasteiger partial charge is 0.300 e. The highest BCUT2D eigenvalue weighted by atomic mass is 19.1. The second-order valence-corrected chi connectivity index (χ2v) is 4.31. The molecule has 1 aliphatic heterocycles. The lowest BCUT2D eigenvalue weighted by atomic mass is 9.95. The van der Waals surface area contributed by atoms with Gasteiger partial charge in [-0.15, -0.1) is 0 Å². The van der Waals surface area contributed by atoms with Gasteiger partial charge in [0, 0.05) is 19.0 Å². The number of aldehydes is 1. The zero-order valence-electron chi connectivity index (χ0n) is 9.31. The van der Waals surface area contributed by atoms with Gasteiger partial charge in [-0.3, -0.25) is 4.84 Å². The van der Waals surface area contributed by atoms with Crippen LogP contribution in [0.5, 0.6) is 0 Å². The standard InChI is InChI=1S/C12H14FNO2/c1-12(8-15)7-11(14(2)16-12)9-5-3-4-6-10(9)13/h3-6,8,11H,7H2,1-2H3/t11-,12+/m1/s1. The van der Waals surface area contributed by atoms with E-state index in [4.69, 9.17) is 4.84 Å². The van der Waals surface area contributed by atoms with Gasteiger partial charge in [-0.2, -0.15) is 5.06 Å². The third-order valence-electron chi connectivity index (χ3n) is 2.90. The Morgan fingerprint density at radius 2 is 2.25 bits per heavy atom. The molecule has 4 heteroatoms. The average molecular weight is 223 g/mol. The quantitative estimate of drug-likeness (QED) is 0.719. The number of hydrogen-bond donors (Lipinski definition) is 0. The van der Waals surface area contributed by atoms with E-state index in [0.717, 1.165) is 6.29 Å². The van der Waals surface area contributed by atoms with Gasteiger partial charge in [0.1, 0.15) is 11.4 Å². The van der Waals surface area contributed by atoms with Crippen LogP contribution in [-0.4, -0.2) is 24.0 Å². The highest BCUT2D eigenvalue weighted by Crippen LogP contribution is 2.38. The number of benzene rings is 1. The van der Waals surface area contributed by atoms with E-state index in [9.17, 15) is 9.18 Å². The van der Waals surface area contributed by atoms with Gasteiger partial charge >= 0.3 is 0 Å². The number of nitrogens with zero attached hydrogens (tertiary/aromatic N) is 1. The van der Waals surface area contributed by atoms with Crippen molar-refractivity contribution in [2.24, 2.45) is 0 Å². The maximum absolute atomic E-state index is 13.6. The summed E-state index contributed by atoms with van der Waals surface area (Å²) in [6.07, 6.45) is 1.23. The minimum atomic E-state index is -0.846. The first-order valence-corrected chi connectivity index (χ1v) is 5.18. The molecule has 0 spiro atoms. The van der Waals surface area contributed by atoms with Crippen LogP contribution in [0.25, 0.3) is 0 Å². The molecule has 0 bridgehead atoms. The molecule has 16 heavy (non-hydrogen) atoms. The summed E-state index contributed by atoms with van der Waals surface area (Å²) in [7, 11) is 1.71. The monoisotopic (exact) mass is 223 g/mol. The van der Waals surface area contributed by atoms with E-state index in [1.165, 1.54) is 6.07 Å². The molecule has 0 amide bonds. The molecule has 1 fully saturated rings. The van der Waals surface area contributed by atoms with Crippen LogP contribution in [0.15, 0.2) is 24.3 Å². The summed E-state index contributed by atoms with van der Waals surface area (Å²) in [5.41, 5.74) is -0.280. The number of rotatable bonds is 2. The lowest BCUT2D eigenvalue weighted by Crippen LogP contribution is -2.27. The molecule has 86 valence electrons. The molecule has 2 atom stereocenters. The van der Waals surface area contributed by atoms with Crippen molar-refractivity contribution < 1.29 is 14.0 Å². The first-order valence-electron chi connectivity index (χ1n) is 5.18. The smallest absolute Gasteiger partial charge is 0.153 e. The number of hydrogen-bond acceptors (Lipinski definition) is 3. The van der Waals surface area contributed by atoms with Crippen LogP contribution in [0.2, 0.25) is 0 Å². The Balaban J connectivity index is 2.30. The predicted molar refractivity (Wildman–Crippen MR) is 57.1 cm³/mol. The Morgan fingerprint density at radius 3 is 2.81 bits per heavy atom. The van der Waals surface area contributed by atoms with Crippen LogP contribution in [-0.2, 0) is 9.63 Å². The number of halogens is 1. The van der Waals surface area contributed by atoms with Crippen molar-refractivity contribution in [3.05, 3.63) is 35.6 Å². The Labute approximate surface area is 93.8 Å². The lowest BCUT2D eigenvalue weighted by Gasteiger charge is -2.18. The van der Waals surface area contributed by atoms with Crippen LogP contribution in [0, 0.1) is 5.82 Å². The molecule has 0 aromatic heterocycles. The van der Waals surface area contributed by atoms with E-state index < -0.39 is 5.60 Å². The van der Waals surface area contributed by atoms with Gasteiger partial charge in [-0.25, -0.2) is 4.39 Å². The van der Waals surface area contributed by atoms with Crippen LogP contribution < -0.4 is 0 Å². The zero-order valence-corrected chi connectivity index (χ0v) is 9.31. The second kappa shape index (κ2) is 3.96. The van der Waals surface area contributed by atoms with E-state index in [0.29, 0.717) is 12.0 Å². The van der Waals surface area contributed by atoms with Gasteiger partial charge in [-0.1, -0.05) is 18.2 Å². The fourth-order valence-electron chi connectivity index (χ4n) is 2.06. The Kier molecular flexibility index (Phi) is 2.78. The predicted octanol–water partition coefficient (Wildman–Crippen LogP) is 2.09. The van der Waals surface area contributed by atoms with Crippen molar-refractivity contribution >= 4 is 6.29 Å². The third kappa shape index (κ3) is 1.86. The maximum Gasteiger partial charge on any atom is 0.153 e. The Morgan fingerprint density at radius 1 is 1.56 bits per heavy atom. The molecule has 1 aromatic rings. The highest BCUT2D eigenvalue weighted by Gasteiger charge is 2.42. The van der Waals surface area contributed by atoms with E-state index in [1.54, 1.807) is 37.2 Å². The molecule has 0 N–H and O–H groups in total. The van der Waals surface area contributed by atoms with Crippen molar-refractivity contribution in [3.8, 4) is 0 Å². The van der Waals surface area contributed by atoms with Crippen LogP contribution >= 0.6 is 0 Å². The molecule has 3 nitrogen and oxygen atoms in total. The molecule has 1 aliphatic rings. The number of carbonyl (C=O) groups excluding carboxylic acids is 1. The number of hydroxylamine groups is 2. The molecule has 2 rings (SSSR count). The summed E-state index contributed by atoms with van der Waals surface area (Å²) in [4.78, 5) is 16.3. The van der Waals surface area contributed by atoms with Gasteiger partial charge < -0.3 is 4.79 Å². The normalized spacial score (nSPS) is 30.6. The molecule has 0 aliphatic carbocycles. The van der Waals surface area contributed by atoms with Crippen molar-refractivity contribution in [1.29, 1.82) is 0 Å². The van der Waals surface area contributed by atoms with E-state index >= 15 is 0 Å². The van der Waals surface area contributed by atoms with E-state index in [1.807, 2.05) is 0 Å². The summed E-state index contributed by atoms with van der Waals surface area (Å²) in [5.74, 6) is -0.266. The molecule has 0 saturated carbocycles. The Bertz CT molecular complexity index is 410. The topological polar surface area (TPSA) is 29.5 Å². The van der Waals surface area contributed by atoms with E-state index in [-0.39, 0.29) is 11.9 Å². The van der Waals surface area contributed by atoms with Crippen molar-refractivity contribution in [3.63, 3.8) is 0 Å². The molecule has 1 saturated heterocycles. The van der Waals surface area contributed by atoms with Crippen molar-refractivity contribution in [1.82, 2.24) is 5.06 Å². The number of carbonyl (C=O) groups is 1.